The molecule has 0 saturated heterocycles. The molecule has 2 aromatic rings. The third kappa shape index (κ3) is 2.94. The van der Waals surface area contributed by atoms with E-state index in [1.165, 1.54) is 21.0 Å². The topological polar surface area (TPSA) is 29.9 Å². The van der Waals surface area contributed by atoms with Gasteiger partial charge in [-0.25, -0.2) is 0 Å². The summed E-state index contributed by atoms with van der Waals surface area (Å²) in [5, 5.41) is 8.72. The van der Waals surface area contributed by atoms with E-state index in [2.05, 4.69) is 41.6 Å². The molecule has 0 radical (unpaired) electrons. The van der Waals surface area contributed by atoms with Crippen molar-refractivity contribution in [3.8, 4) is 0 Å². The van der Waals surface area contributed by atoms with E-state index in [9.17, 15) is 0 Å². The van der Waals surface area contributed by atoms with Crippen LogP contribution in [0.5, 0.6) is 0 Å². The predicted octanol–water partition coefficient (Wildman–Crippen LogP) is 2.91. The Morgan fingerprint density at radius 3 is 2.61 bits per heavy atom. The minimum Gasteiger partial charge on any atom is -0.316 e. The number of hydrogen-bond acceptors (Lipinski definition) is 3. The minimum atomic E-state index is 0.918. The zero-order chi connectivity index (χ0) is 13.1. The van der Waals surface area contributed by atoms with E-state index in [4.69, 9.17) is 0 Å². The van der Waals surface area contributed by atoms with E-state index in [0.29, 0.717) is 0 Å². The molecule has 0 aliphatic carbocycles. The molecule has 0 fully saturated rings. The van der Waals surface area contributed by atoms with Crippen molar-refractivity contribution in [3.05, 3.63) is 41.1 Å². The van der Waals surface area contributed by atoms with Gasteiger partial charge in [0.15, 0.2) is 0 Å². The van der Waals surface area contributed by atoms with Gasteiger partial charge in [0, 0.05) is 18.5 Å². The Bertz CT molecular complexity index is 546. The van der Waals surface area contributed by atoms with Crippen molar-refractivity contribution in [2.75, 3.05) is 7.05 Å². The molecule has 0 spiro atoms. The van der Waals surface area contributed by atoms with Gasteiger partial charge in [0.1, 0.15) is 0 Å². The van der Waals surface area contributed by atoms with Gasteiger partial charge in [-0.1, -0.05) is 17.8 Å². The van der Waals surface area contributed by atoms with Crippen molar-refractivity contribution < 1.29 is 0 Å². The van der Waals surface area contributed by atoms with Crippen LogP contribution in [0.15, 0.2) is 34.2 Å². The van der Waals surface area contributed by atoms with Crippen LogP contribution in [0.1, 0.15) is 16.8 Å². The van der Waals surface area contributed by atoms with E-state index >= 15 is 0 Å². The van der Waals surface area contributed by atoms with Gasteiger partial charge in [0.25, 0.3) is 0 Å². The maximum Gasteiger partial charge on any atom is 0.0986 e. The highest BCUT2D eigenvalue weighted by Gasteiger charge is 2.05. The Hall–Kier alpha value is -1.26. The molecule has 0 atom stereocenters. The minimum absolute atomic E-state index is 0.918. The van der Waals surface area contributed by atoms with Crippen LogP contribution in [0.25, 0.3) is 0 Å². The molecule has 0 saturated carbocycles. The fourth-order valence-corrected chi connectivity index (χ4v) is 2.94. The molecule has 96 valence electrons. The maximum atomic E-state index is 4.36. The van der Waals surface area contributed by atoms with E-state index in [-0.39, 0.29) is 0 Å². The largest absolute Gasteiger partial charge is 0.316 e. The van der Waals surface area contributed by atoms with Crippen molar-refractivity contribution >= 4 is 11.8 Å². The first-order chi connectivity index (χ1) is 8.60. The lowest BCUT2D eigenvalue weighted by Crippen LogP contribution is -2.06. The average molecular weight is 261 g/mol. The second-order valence-electron chi connectivity index (χ2n) is 4.47. The van der Waals surface area contributed by atoms with Crippen molar-refractivity contribution in [2.24, 2.45) is 7.05 Å². The van der Waals surface area contributed by atoms with E-state index in [1.54, 1.807) is 11.8 Å². The second kappa shape index (κ2) is 5.59. The van der Waals surface area contributed by atoms with E-state index in [1.807, 2.05) is 25.7 Å². The number of nitrogens with zero attached hydrogens (tertiary/aromatic N) is 2. The fourth-order valence-electron chi connectivity index (χ4n) is 1.92. The van der Waals surface area contributed by atoms with Gasteiger partial charge in [0.2, 0.25) is 0 Å². The molecule has 1 aromatic carbocycles. The molecule has 2 rings (SSSR count). The SMILES string of the molecule is CNCc1ccc(Sc2cc(C)nn2C)cc1C. The van der Waals surface area contributed by atoms with Gasteiger partial charge in [-0.15, -0.1) is 0 Å². The van der Waals surface area contributed by atoms with Crippen LogP contribution in [0.2, 0.25) is 0 Å². The van der Waals surface area contributed by atoms with Crippen molar-refractivity contribution in [2.45, 2.75) is 30.3 Å². The third-order valence-electron chi connectivity index (χ3n) is 2.86. The van der Waals surface area contributed by atoms with Gasteiger partial charge in [-0.3, -0.25) is 4.68 Å². The molecule has 0 aliphatic rings. The van der Waals surface area contributed by atoms with Gasteiger partial charge in [-0.05, 0) is 50.2 Å². The van der Waals surface area contributed by atoms with E-state index in [0.717, 1.165) is 12.2 Å². The number of benzene rings is 1. The molecule has 1 N–H and O–H groups in total. The summed E-state index contributed by atoms with van der Waals surface area (Å²) in [6.45, 7) is 5.10. The first kappa shape index (κ1) is 13.2. The summed E-state index contributed by atoms with van der Waals surface area (Å²) in [4.78, 5) is 1.26. The summed E-state index contributed by atoms with van der Waals surface area (Å²) >= 11 is 1.76. The molecule has 0 bridgehead atoms. The first-order valence-electron chi connectivity index (χ1n) is 6.03. The molecular weight excluding hydrogens is 242 g/mol. The van der Waals surface area contributed by atoms with Crippen LogP contribution < -0.4 is 5.32 Å². The maximum absolute atomic E-state index is 4.36. The zero-order valence-corrected chi connectivity index (χ0v) is 12.1. The quantitative estimate of drug-likeness (QED) is 0.918. The van der Waals surface area contributed by atoms with Gasteiger partial charge in [0.05, 0.1) is 10.7 Å². The lowest BCUT2D eigenvalue weighted by Gasteiger charge is -2.08. The fraction of sp³-hybridized carbons (Fsp3) is 0.357. The molecule has 18 heavy (non-hydrogen) atoms. The van der Waals surface area contributed by atoms with Gasteiger partial charge in [-0.2, -0.15) is 5.10 Å². The lowest BCUT2D eigenvalue weighted by atomic mass is 10.1. The van der Waals surface area contributed by atoms with Crippen LogP contribution in [0, 0.1) is 13.8 Å². The summed E-state index contributed by atoms with van der Waals surface area (Å²) in [5.41, 5.74) is 3.74. The third-order valence-corrected chi connectivity index (χ3v) is 3.94. The standard InChI is InChI=1S/C14H19N3S/c1-10-7-13(6-5-12(10)9-15-3)18-14-8-11(2)16-17(14)4/h5-8,15H,9H2,1-4H3. The Balaban J connectivity index is 2.20. The Morgan fingerprint density at radius 2 is 2.06 bits per heavy atom. The zero-order valence-electron chi connectivity index (χ0n) is 11.3. The Morgan fingerprint density at radius 1 is 1.28 bits per heavy atom. The average Bonchev–Trinajstić information content (AvgIpc) is 2.61. The van der Waals surface area contributed by atoms with Crippen LogP contribution in [-0.4, -0.2) is 16.8 Å². The highest BCUT2D eigenvalue weighted by molar-refractivity contribution is 7.99. The van der Waals surface area contributed by atoms with E-state index < -0.39 is 0 Å². The normalized spacial score (nSPS) is 10.9. The summed E-state index contributed by atoms with van der Waals surface area (Å²) in [6, 6.07) is 8.71. The Labute approximate surface area is 113 Å². The molecule has 3 nitrogen and oxygen atoms in total. The summed E-state index contributed by atoms with van der Waals surface area (Å²) in [6.07, 6.45) is 0. The molecular formula is C14H19N3S. The number of aryl methyl sites for hydroxylation is 3. The van der Waals surface area contributed by atoms with Crippen molar-refractivity contribution in [1.29, 1.82) is 0 Å². The summed E-state index contributed by atoms with van der Waals surface area (Å²) in [7, 11) is 3.96. The van der Waals surface area contributed by atoms with Crippen LogP contribution >= 0.6 is 11.8 Å². The van der Waals surface area contributed by atoms with Crippen molar-refractivity contribution in [3.63, 3.8) is 0 Å². The molecule has 1 aromatic heterocycles. The van der Waals surface area contributed by atoms with Gasteiger partial charge < -0.3 is 5.32 Å². The van der Waals surface area contributed by atoms with Crippen LogP contribution in [0.3, 0.4) is 0 Å². The number of hydrogen-bond donors (Lipinski definition) is 1. The number of nitrogens with one attached hydrogen (secondary N) is 1. The van der Waals surface area contributed by atoms with Crippen LogP contribution in [-0.2, 0) is 13.6 Å². The number of aromatic nitrogens is 2. The van der Waals surface area contributed by atoms with Gasteiger partial charge >= 0.3 is 0 Å². The predicted molar refractivity (Wildman–Crippen MR) is 76.0 cm³/mol. The molecule has 1 heterocycles. The highest BCUT2D eigenvalue weighted by atomic mass is 32.2. The van der Waals surface area contributed by atoms with Crippen LogP contribution in [0.4, 0.5) is 0 Å². The monoisotopic (exact) mass is 261 g/mol. The van der Waals surface area contributed by atoms with Crippen molar-refractivity contribution in [1.82, 2.24) is 15.1 Å². The first-order valence-corrected chi connectivity index (χ1v) is 6.84. The Kier molecular flexibility index (Phi) is 4.09. The molecule has 4 heteroatoms. The molecule has 0 unspecified atom stereocenters. The molecule has 0 aliphatic heterocycles. The highest BCUT2D eigenvalue weighted by Crippen LogP contribution is 2.29. The smallest absolute Gasteiger partial charge is 0.0986 e. The summed E-state index contributed by atoms with van der Waals surface area (Å²) in [5.74, 6) is 0. The summed E-state index contributed by atoms with van der Waals surface area (Å²) < 4.78 is 1.93. The molecule has 0 amide bonds. The second-order valence-corrected chi connectivity index (χ2v) is 5.56. The lowest BCUT2D eigenvalue weighted by molar-refractivity contribution is 0.692. The number of rotatable bonds is 4.